The number of halogens is 1. The molecule has 3 aliphatic carbocycles. The first-order chi connectivity index (χ1) is 16.5. The second-order valence-corrected chi connectivity index (χ2v) is 13.8. The number of nitrogens with one attached hydrogen (secondary N) is 1. The third-order valence-electron chi connectivity index (χ3n) is 10.6. The molecular formula is C30H56ClN3. The summed E-state index contributed by atoms with van der Waals surface area (Å²) in [4.78, 5) is 2.78. The summed E-state index contributed by atoms with van der Waals surface area (Å²) < 4.78 is 0. The first kappa shape index (κ1) is 27.2. The van der Waals surface area contributed by atoms with E-state index >= 15 is 0 Å². The summed E-state index contributed by atoms with van der Waals surface area (Å²) in [5, 5.41) is 4.54. The van der Waals surface area contributed by atoms with Gasteiger partial charge in [0.15, 0.2) is 0 Å². The normalized spacial score (nSPS) is 37.7. The molecule has 4 rings (SSSR count). The second-order valence-electron chi connectivity index (χ2n) is 13.2. The SMILES string of the molecule is CC(C)[C@H](CN1CCC(C2CCC(Cl)CC2)CC1)NCC1CCCC(C2CCCC(CN)C2)C1. The van der Waals surface area contributed by atoms with Crippen molar-refractivity contribution in [3.8, 4) is 0 Å². The average molecular weight is 494 g/mol. The molecule has 1 aliphatic heterocycles. The van der Waals surface area contributed by atoms with Gasteiger partial charge in [-0.25, -0.2) is 0 Å². The molecule has 3 nitrogen and oxygen atoms in total. The van der Waals surface area contributed by atoms with Crippen molar-refractivity contribution in [2.75, 3.05) is 32.7 Å². The van der Waals surface area contributed by atoms with Crippen molar-refractivity contribution in [1.29, 1.82) is 0 Å². The molecule has 198 valence electrons. The summed E-state index contributed by atoms with van der Waals surface area (Å²) in [6, 6.07) is 0.639. The van der Waals surface area contributed by atoms with Gasteiger partial charge in [-0.2, -0.15) is 0 Å². The molecule has 4 fully saturated rings. The van der Waals surface area contributed by atoms with Crippen LogP contribution in [0.15, 0.2) is 0 Å². The fourth-order valence-electron chi connectivity index (χ4n) is 8.19. The van der Waals surface area contributed by atoms with Gasteiger partial charge < -0.3 is 16.0 Å². The summed E-state index contributed by atoms with van der Waals surface area (Å²) in [6.45, 7) is 10.9. The van der Waals surface area contributed by atoms with Gasteiger partial charge >= 0.3 is 0 Å². The largest absolute Gasteiger partial charge is 0.330 e. The van der Waals surface area contributed by atoms with E-state index in [0.29, 0.717) is 17.3 Å². The van der Waals surface area contributed by atoms with Gasteiger partial charge in [0, 0.05) is 18.0 Å². The molecule has 0 aromatic rings. The maximum absolute atomic E-state index is 6.36. The average Bonchev–Trinajstić information content (AvgIpc) is 2.87. The Hall–Kier alpha value is 0.170. The lowest BCUT2D eigenvalue weighted by Crippen LogP contribution is -2.48. The van der Waals surface area contributed by atoms with Gasteiger partial charge in [-0.3, -0.25) is 0 Å². The molecule has 4 unspecified atom stereocenters. The van der Waals surface area contributed by atoms with Crippen LogP contribution in [0.2, 0.25) is 0 Å². The van der Waals surface area contributed by atoms with E-state index in [0.717, 1.165) is 42.1 Å². The Labute approximate surface area is 216 Å². The lowest BCUT2D eigenvalue weighted by atomic mass is 9.68. The van der Waals surface area contributed by atoms with Crippen molar-refractivity contribution in [1.82, 2.24) is 10.2 Å². The summed E-state index contributed by atoms with van der Waals surface area (Å²) in [7, 11) is 0. The number of likely N-dealkylation sites (tertiary alicyclic amines) is 1. The summed E-state index contributed by atoms with van der Waals surface area (Å²) in [5.74, 6) is 6.26. The topological polar surface area (TPSA) is 41.3 Å². The minimum atomic E-state index is 0.458. The van der Waals surface area contributed by atoms with Crippen LogP contribution in [0.3, 0.4) is 0 Å². The van der Waals surface area contributed by atoms with Crippen molar-refractivity contribution in [2.24, 2.45) is 47.2 Å². The summed E-state index contributed by atoms with van der Waals surface area (Å²) in [5.41, 5.74) is 6.04. The van der Waals surface area contributed by atoms with E-state index in [1.165, 1.54) is 116 Å². The number of alkyl halides is 1. The van der Waals surface area contributed by atoms with Crippen LogP contribution in [0.1, 0.15) is 104 Å². The number of rotatable bonds is 9. The standard InChI is InChI=1S/C30H56ClN3/c1-22(2)30(21-34-15-13-26(14-16-34)25-9-11-29(31)12-10-25)33-20-24-6-4-8-28(18-24)27-7-3-5-23(17-27)19-32/h22-30,33H,3-21,32H2,1-2H3/t23?,24?,25?,27?,28?,29?,30-/m0/s1. The molecule has 0 bridgehead atoms. The minimum Gasteiger partial charge on any atom is -0.330 e. The van der Waals surface area contributed by atoms with Gasteiger partial charge in [0.1, 0.15) is 0 Å². The first-order valence-electron chi connectivity index (χ1n) is 15.3. The van der Waals surface area contributed by atoms with E-state index in [2.05, 4.69) is 24.1 Å². The molecular weight excluding hydrogens is 438 g/mol. The minimum absolute atomic E-state index is 0.458. The highest BCUT2D eigenvalue weighted by molar-refractivity contribution is 6.20. The zero-order chi connectivity index (χ0) is 23.9. The van der Waals surface area contributed by atoms with E-state index < -0.39 is 0 Å². The highest BCUT2D eigenvalue weighted by Gasteiger charge is 2.33. The molecule has 0 radical (unpaired) electrons. The second kappa shape index (κ2) is 13.6. The van der Waals surface area contributed by atoms with Gasteiger partial charge in [0.25, 0.3) is 0 Å². The number of nitrogens with zero attached hydrogens (tertiary/aromatic N) is 1. The Kier molecular flexibility index (Phi) is 10.9. The quantitative estimate of drug-likeness (QED) is 0.352. The Morgan fingerprint density at radius 1 is 0.765 bits per heavy atom. The maximum atomic E-state index is 6.36. The molecule has 5 atom stereocenters. The Balaban J connectivity index is 1.18. The highest BCUT2D eigenvalue weighted by atomic mass is 35.5. The Morgan fingerprint density at radius 3 is 1.97 bits per heavy atom. The molecule has 0 spiro atoms. The third kappa shape index (κ3) is 7.83. The van der Waals surface area contributed by atoms with E-state index in [9.17, 15) is 0 Å². The van der Waals surface area contributed by atoms with Crippen LogP contribution in [0.25, 0.3) is 0 Å². The highest BCUT2D eigenvalue weighted by Crippen LogP contribution is 2.42. The predicted molar refractivity (Wildman–Crippen MR) is 147 cm³/mol. The van der Waals surface area contributed by atoms with Gasteiger partial charge in [-0.15, -0.1) is 11.6 Å². The van der Waals surface area contributed by atoms with Gasteiger partial charge in [-0.05, 0) is 132 Å². The van der Waals surface area contributed by atoms with Crippen LogP contribution < -0.4 is 11.1 Å². The number of hydrogen-bond acceptors (Lipinski definition) is 3. The molecule has 1 saturated heterocycles. The van der Waals surface area contributed by atoms with Crippen molar-refractivity contribution in [2.45, 2.75) is 115 Å². The smallest absolute Gasteiger partial charge is 0.0336 e. The maximum Gasteiger partial charge on any atom is 0.0336 e. The lowest BCUT2D eigenvalue weighted by Gasteiger charge is -2.41. The van der Waals surface area contributed by atoms with Crippen LogP contribution in [0.5, 0.6) is 0 Å². The molecule has 3 saturated carbocycles. The van der Waals surface area contributed by atoms with Gasteiger partial charge in [-0.1, -0.05) is 39.5 Å². The number of hydrogen-bond donors (Lipinski definition) is 2. The Morgan fingerprint density at radius 2 is 1.35 bits per heavy atom. The molecule has 0 aromatic heterocycles. The first-order valence-corrected chi connectivity index (χ1v) is 15.7. The molecule has 1 heterocycles. The van der Waals surface area contributed by atoms with E-state index in [-0.39, 0.29) is 0 Å². The zero-order valence-corrected chi connectivity index (χ0v) is 23.3. The van der Waals surface area contributed by atoms with E-state index in [1.807, 2.05) is 0 Å². The molecule has 4 heteroatoms. The van der Waals surface area contributed by atoms with Gasteiger partial charge in [0.05, 0.1) is 0 Å². The number of nitrogens with two attached hydrogens (primary N) is 1. The monoisotopic (exact) mass is 493 g/mol. The molecule has 0 aromatic carbocycles. The molecule has 0 amide bonds. The summed E-state index contributed by atoms with van der Waals surface area (Å²) >= 11 is 6.36. The molecule has 3 N–H and O–H groups in total. The van der Waals surface area contributed by atoms with Crippen molar-refractivity contribution in [3.63, 3.8) is 0 Å². The lowest BCUT2D eigenvalue weighted by molar-refractivity contribution is 0.108. The van der Waals surface area contributed by atoms with Crippen LogP contribution >= 0.6 is 11.6 Å². The fourth-order valence-corrected chi connectivity index (χ4v) is 8.44. The predicted octanol–water partition coefficient (Wildman–Crippen LogP) is 6.68. The van der Waals surface area contributed by atoms with Crippen LogP contribution in [-0.2, 0) is 0 Å². The van der Waals surface area contributed by atoms with E-state index in [1.54, 1.807) is 0 Å². The van der Waals surface area contributed by atoms with Crippen LogP contribution in [0.4, 0.5) is 0 Å². The molecule has 4 aliphatic rings. The van der Waals surface area contributed by atoms with Crippen LogP contribution in [-0.4, -0.2) is 49.0 Å². The van der Waals surface area contributed by atoms with Crippen LogP contribution in [0, 0.1) is 41.4 Å². The fraction of sp³-hybridized carbons (Fsp3) is 1.00. The number of piperidine rings is 1. The van der Waals surface area contributed by atoms with E-state index in [4.69, 9.17) is 17.3 Å². The zero-order valence-electron chi connectivity index (χ0n) is 22.5. The molecule has 34 heavy (non-hydrogen) atoms. The van der Waals surface area contributed by atoms with Crippen molar-refractivity contribution in [3.05, 3.63) is 0 Å². The third-order valence-corrected chi connectivity index (χ3v) is 11.0. The summed E-state index contributed by atoms with van der Waals surface area (Å²) in [6.07, 6.45) is 19.6. The Bertz CT molecular complexity index is 567. The van der Waals surface area contributed by atoms with Crippen molar-refractivity contribution >= 4 is 11.6 Å². The van der Waals surface area contributed by atoms with Gasteiger partial charge in [0.2, 0.25) is 0 Å². The van der Waals surface area contributed by atoms with Crippen molar-refractivity contribution < 1.29 is 0 Å².